The molecule has 0 bridgehead atoms. The highest BCUT2D eigenvalue weighted by molar-refractivity contribution is 5.93. The van der Waals surface area contributed by atoms with Crippen LogP contribution < -0.4 is 0 Å². The third-order valence-corrected chi connectivity index (χ3v) is 4.76. The highest BCUT2D eigenvalue weighted by atomic mass is 16.6. The lowest BCUT2D eigenvalue weighted by Crippen LogP contribution is -2.40. The fraction of sp³-hybridized carbons (Fsp3) is 0.333. The monoisotopic (exact) mass is 378 g/mol. The first-order chi connectivity index (χ1) is 13.7. The smallest absolute Gasteiger partial charge is 0.416 e. The molecular weight excluding hydrogens is 356 g/mol. The van der Waals surface area contributed by atoms with E-state index >= 15 is 0 Å². The van der Waals surface area contributed by atoms with Crippen molar-refractivity contribution in [1.29, 1.82) is 0 Å². The van der Waals surface area contributed by atoms with Crippen molar-refractivity contribution in [2.24, 2.45) is 5.11 Å². The van der Waals surface area contributed by atoms with Gasteiger partial charge >= 0.3 is 6.09 Å². The first kappa shape index (κ1) is 19.5. The molecule has 1 aliphatic heterocycles. The van der Waals surface area contributed by atoms with Crippen molar-refractivity contribution < 1.29 is 14.3 Å². The summed E-state index contributed by atoms with van der Waals surface area (Å²) in [6.45, 7) is 0.198. The standard InChI is InChI=1S/C21H22N4O3/c22-24-23-18(13-16-7-3-1-4-8-16)11-12-20(26)25-19(15-28-21(25)27)14-17-9-5-2-6-10-17/h1-10,18-19H,11-15H2/t18-,19-/m1/s1. The van der Waals surface area contributed by atoms with Gasteiger partial charge in [0.05, 0.1) is 6.04 Å². The zero-order valence-electron chi connectivity index (χ0n) is 15.5. The van der Waals surface area contributed by atoms with E-state index in [-0.39, 0.29) is 31.0 Å². The zero-order chi connectivity index (χ0) is 19.8. The van der Waals surface area contributed by atoms with Crippen LogP contribution in [-0.2, 0) is 22.4 Å². The molecule has 0 N–H and O–H groups in total. The van der Waals surface area contributed by atoms with Gasteiger partial charge in [-0.25, -0.2) is 9.69 Å². The summed E-state index contributed by atoms with van der Waals surface area (Å²) in [6, 6.07) is 18.7. The molecule has 2 amide bonds. The molecule has 1 fully saturated rings. The minimum absolute atomic E-state index is 0.122. The van der Waals surface area contributed by atoms with Crippen molar-refractivity contribution in [3.8, 4) is 0 Å². The van der Waals surface area contributed by atoms with Crippen molar-refractivity contribution in [2.75, 3.05) is 6.61 Å². The number of carbonyl (C=O) groups excluding carboxylic acids is 2. The number of rotatable bonds is 8. The van der Waals surface area contributed by atoms with Gasteiger partial charge in [-0.05, 0) is 35.9 Å². The van der Waals surface area contributed by atoms with Crippen LogP contribution in [0.4, 0.5) is 4.79 Å². The number of azide groups is 1. The molecule has 2 atom stereocenters. The molecular formula is C21H22N4O3. The molecule has 7 nitrogen and oxygen atoms in total. The molecule has 2 aromatic carbocycles. The second-order valence-corrected chi connectivity index (χ2v) is 6.77. The summed E-state index contributed by atoms with van der Waals surface area (Å²) in [6.07, 6.45) is 1.00. The highest BCUT2D eigenvalue weighted by Gasteiger charge is 2.37. The summed E-state index contributed by atoms with van der Waals surface area (Å²) in [5.41, 5.74) is 10.9. The Labute approximate surface area is 163 Å². The van der Waals surface area contributed by atoms with E-state index in [9.17, 15) is 9.59 Å². The maximum Gasteiger partial charge on any atom is 0.416 e. The van der Waals surface area contributed by atoms with Crippen molar-refractivity contribution in [3.05, 3.63) is 82.2 Å². The highest BCUT2D eigenvalue weighted by Crippen LogP contribution is 2.20. The number of ether oxygens (including phenoxy) is 1. The number of nitrogens with zero attached hydrogens (tertiary/aromatic N) is 4. The number of carbonyl (C=O) groups is 2. The number of hydrogen-bond acceptors (Lipinski definition) is 4. The molecule has 144 valence electrons. The van der Waals surface area contributed by atoms with Crippen molar-refractivity contribution in [3.63, 3.8) is 0 Å². The van der Waals surface area contributed by atoms with Crippen LogP contribution in [0.2, 0.25) is 0 Å². The van der Waals surface area contributed by atoms with E-state index in [0.717, 1.165) is 11.1 Å². The Morgan fingerprint density at radius 2 is 1.79 bits per heavy atom. The van der Waals surface area contributed by atoms with Crippen LogP contribution in [0.25, 0.3) is 10.4 Å². The second kappa shape index (κ2) is 9.58. The Morgan fingerprint density at radius 3 is 2.43 bits per heavy atom. The largest absolute Gasteiger partial charge is 0.447 e. The molecule has 1 saturated heterocycles. The lowest BCUT2D eigenvalue weighted by Gasteiger charge is -2.20. The van der Waals surface area contributed by atoms with Crippen LogP contribution >= 0.6 is 0 Å². The summed E-state index contributed by atoms with van der Waals surface area (Å²) in [7, 11) is 0. The number of hydrogen-bond donors (Lipinski definition) is 0. The van der Waals surface area contributed by atoms with Crippen molar-refractivity contribution in [2.45, 2.75) is 37.8 Å². The molecule has 3 rings (SSSR count). The fourth-order valence-corrected chi connectivity index (χ4v) is 3.37. The van der Waals surface area contributed by atoms with E-state index in [0.29, 0.717) is 19.3 Å². The predicted octanol–water partition coefficient (Wildman–Crippen LogP) is 4.28. The summed E-state index contributed by atoms with van der Waals surface area (Å²) in [5, 5.41) is 3.82. The summed E-state index contributed by atoms with van der Waals surface area (Å²) in [4.78, 5) is 28.9. The van der Waals surface area contributed by atoms with Gasteiger partial charge in [-0.3, -0.25) is 4.79 Å². The molecule has 7 heteroatoms. The lowest BCUT2D eigenvalue weighted by molar-refractivity contribution is -0.129. The molecule has 28 heavy (non-hydrogen) atoms. The molecule has 0 saturated carbocycles. The third-order valence-electron chi connectivity index (χ3n) is 4.76. The van der Waals surface area contributed by atoms with Gasteiger partial charge in [-0.2, -0.15) is 0 Å². The van der Waals surface area contributed by atoms with Crippen molar-refractivity contribution >= 4 is 12.0 Å². The maximum atomic E-state index is 12.7. The summed E-state index contributed by atoms with van der Waals surface area (Å²) in [5.74, 6) is -0.297. The quantitative estimate of drug-likeness (QED) is 0.390. The van der Waals surface area contributed by atoms with Gasteiger partial charge in [-0.1, -0.05) is 65.8 Å². The zero-order valence-corrected chi connectivity index (χ0v) is 15.5. The Bertz CT molecular complexity index is 850. The minimum Gasteiger partial charge on any atom is -0.447 e. The van der Waals surface area contributed by atoms with Gasteiger partial charge in [0.1, 0.15) is 6.61 Å². The Hall–Kier alpha value is -3.31. The first-order valence-corrected chi connectivity index (χ1v) is 9.28. The molecule has 0 aromatic heterocycles. The number of cyclic esters (lactones) is 1. The van der Waals surface area contributed by atoms with E-state index in [2.05, 4.69) is 10.0 Å². The SMILES string of the molecule is [N-]=[N+]=N[C@H](CCC(=O)N1C(=O)OC[C@H]1Cc1ccccc1)Cc1ccccc1. The van der Waals surface area contributed by atoms with E-state index in [1.165, 1.54) is 4.90 Å². The summed E-state index contributed by atoms with van der Waals surface area (Å²) >= 11 is 0. The lowest BCUT2D eigenvalue weighted by atomic mass is 10.0. The molecule has 1 heterocycles. The van der Waals surface area contributed by atoms with Crippen molar-refractivity contribution in [1.82, 2.24) is 4.90 Å². The predicted molar refractivity (Wildman–Crippen MR) is 104 cm³/mol. The van der Waals surface area contributed by atoms with Crippen LogP contribution in [0.1, 0.15) is 24.0 Å². The topological polar surface area (TPSA) is 95.4 Å². The van der Waals surface area contributed by atoms with Gasteiger partial charge in [0.2, 0.25) is 5.91 Å². The Morgan fingerprint density at radius 1 is 1.14 bits per heavy atom. The Balaban J connectivity index is 1.61. The second-order valence-electron chi connectivity index (χ2n) is 6.77. The number of benzene rings is 2. The van der Waals surface area contributed by atoms with Gasteiger partial charge in [0.15, 0.2) is 0 Å². The third kappa shape index (κ3) is 5.11. The fourth-order valence-electron chi connectivity index (χ4n) is 3.37. The first-order valence-electron chi connectivity index (χ1n) is 9.28. The van der Waals surface area contributed by atoms with Crippen LogP contribution in [0, 0.1) is 0 Å². The van der Waals surface area contributed by atoms with Crippen LogP contribution in [0.5, 0.6) is 0 Å². The average Bonchev–Trinajstić information content (AvgIpc) is 3.08. The molecule has 0 unspecified atom stereocenters. The molecule has 0 aliphatic carbocycles. The normalized spacial score (nSPS) is 16.9. The van der Waals surface area contributed by atoms with E-state index < -0.39 is 6.09 Å². The van der Waals surface area contributed by atoms with E-state index in [1.54, 1.807) is 0 Å². The van der Waals surface area contributed by atoms with Gasteiger partial charge < -0.3 is 4.74 Å². The minimum atomic E-state index is -0.602. The average molecular weight is 378 g/mol. The number of amides is 2. The van der Waals surface area contributed by atoms with E-state index in [4.69, 9.17) is 10.3 Å². The van der Waals surface area contributed by atoms with Crippen LogP contribution in [0.15, 0.2) is 65.8 Å². The number of imide groups is 1. The van der Waals surface area contributed by atoms with Gasteiger partial charge in [0, 0.05) is 17.4 Å². The molecule has 2 aromatic rings. The molecule has 0 spiro atoms. The van der Waals surface area contributed by atoms with Crippen LogP contribution in [0.3, 0.4) is 0 Å². The van der Waals surface area contributed by atoms with Crippen LogP contribution in [-0.4, -0.2) is 35.6 Å². The molecule has 1 aliphatic rings. The summed E-state index contributed by atoms with van der Waals surface area (Å²) < 4.78 is 5.11. The van der Waals surface area contributed by atoms with Gasteiger partial charge in [0.25, 0.3) is 0 Å². The maximum absolute atomic E-state index is 12.7. The van der Waals surface area contributed by atoms with E-state index in [1.807, 2.05) is 60.7 Å². The molecule has 0 radical (unpaired) electrons. The van der Waals surface area contributed by atoms with Gasteiger partial charge in [-0.15, -0.1) is 0 Å². The Kier molecular flexibility index (Phi) is 6.65.